The van der Waals surface area contributed by atoms with Crippen LogP contribution >= 0.6 is 11.3 Å². The van der Waals surface area contributed by atoms with Crippen molar-refractivity contribution < 1.29 is 14.3 Å². The molecule has 0 saturated carbocycles. The zero-order valence-corrected chi connectivity index (χ0v) is 14.8. The molecule has 1 saturated heterocycles. The molecule has 1 aromatic heterocycles. The Bertz CT molecular complexity index is 575. The first-order valence-electron chi connectivity index (χ1n) is 7.65. The van der Waals surface area contributed by atoms with E-state index in [2.05, 4.69) is 20.5 Å². The third-order valence-corrected chi connectivity index (χ3v) is 5.05. The Hall–Kier alpha value is -1.51. The van der Waals surface area contributed by atoms with Crippen LogP contribution in [0, 0.1) is 13.8 Å². The van der Waals surface area contributed by atoms with Crippen LogP contribution in [0.1, 0.15) is 26.8 Å². The molecule has 0 radical (unpaired) electrons. The number of ether oxygens (including phenoxy) is 1. The van der Waals surface area contributed by atoms with Gasteiger partial charge in [-0.15, -0.1) is 11.3 Å². The number of likely N-dealkylation sites (N-methyl/N-ethyl adjacent to an activating group) is 1. The highest BCUT2D eigenvalue weighted by molar-refractivity contribution is 7.13. The monoisotopic (exact) mass is 340 g/mol. The second-order valence-electron chi connectivity index (χ2n) is 5.67. The molecule has 1 fully saturated rings. The lowest BCUT2D eigenvalue weighted by Gasteiger charge is -2.22. The molecule has 2 atom stereocenters. The lowest BCUT2D eigenvalue weighted by atomic mass is 10.1. The van der Waals surface area contributed by atoms with Gasteiger partial charge in [0.15, 0.2) is 0 Å². The second kappa shape index (κ2) is 7.85. The standard InChI is InChI=1S/C15H24N4O3S/c1-9-13(23-10(2)17-9)15(21)18-11-7-12(14(20)16-3)19(8-11)5-6-22-4/h11-12H,5-8H2,1-4H3,(H,16,20)(H,18,21). The van der Waals surface area contributed by atoms with Crippen LogP contribution in [0.2, 0.25) is 0 Å². The number of carbonyl (C=O) groups excluding carboxylic acids is 2. The molecule has 7 nitrogen and oxygen atoms in total. The van der Waals surface area contributed by atoms with Crippen LogP contribution in [0.5, 0.6) is 0 Å². The molecular formula is C15H24N4O3S. The SMILES string of the molecule is CNC(=O)C1CC(NC(=O)c2sc(C)nc2C)CN1CCOC. The lowest BCUT2D eigenvalue weighted by molar-refractivity contribution is -0.125. The van der Waals surface area contributed by atoms with Crippen LogP contribution in [0.3, 0.4) is 0 Å². The molecule has 1 aliphatic heterocycles. The smallest absolute Gasteiger partial charge is 0.263 e. The highest BCUT2D eigenvalue weighted by atomic mass is 32.1. The van der Waals surface area contributed by atoms with Crippen molar-refractivity contribution in [3.8, 4) is 0 Å². The number of amides is 2. The molecule has 1 aromatic rings. The first kappa shape index (κ1) is 17.8. The first-order valence-corrected chi connectivity index (χ1v) is 8.47. The zero-order chi connectivity index (χ0) is 17.0. The summed E-state index contributed by atoms with van der Waals surface area (Å²) in [5, 5.41) is 6.60. The summed E-state index contributed by atoms with van der Waals surface area (Å²) < 4.78 is 5.10. The molecule has 2 rings (SSSR count). The van der Waals surface area contributed by atoms with Crippen molar-refractivity contribution in [2.45, 2.75) is 32.4 Å². The van der Waals surface area contributed by atoms with Gasteiger partial charge < -0.3 is 15.4 Å². The fraction of sp³-hybridized carbons (Fsp3) is 0.667. The number of hydrogen-bond acceptors (Lipinski definition) is 6. The van der Waals surface area contributed by atoms with Gasteiger partial charge in [-0.25, -0.2) is 4.98 Å². The van der Waals surface area contributed by atoms with E-state index in [4.69, 9.17) is 4.74 Å². The average molecular weight is 340 g/mol. The summed E-state index contributed by atoms with van der Waals surface area (Å²) >= 11 is 1.40. The number of aromatic nitrogens is 1. The van der Waals surface area contributed by atoms with Gasteiger partial charge in [0.2, 0.25) is 5.91 Å². The van der Waals surface area contributed by atoms with E-state index < -0.39 is 0 Å². The number of hydrogen-bond donors (Lipinski definition) is 2. The first-order chi connectivity index (χ1) is 11.0. The van der Waals surface area contributed by atoms with Gasteiger partial charge in [0.1, 0.15) is 4.88 Å². The van der Waals surface area contributed by atoms with Gasteiger partial charge in [-0.05, 0) is 20.3 Å². The normalized spacial score (nSPS) is 21.4. The van der Waals surface area contributed by atoms with Crippen molar-refractivity contribution >= 4 is 23.2 Å². The van der Waals surface area contributed by atoms with Crippen LogP contribution in [0.4, 0.5) is 0 Å². The Morgan fingerprint density at radius 3 is 2.74 bits per heavy atom. The minimum Gasteiger partial charge on any atom is -0.383 e. The van der Waals surface area contributed by atoms with Gasteiger partial charge in [0.25, 0.3) is 5.91 Å². The fourth-order valence-corrected chi connectivity index (χ4v) is 3.72. The maximum absolute atomic E-state index is 12.4. The highest BCUT2D eigenvalue weighted by Crippen LogP contribution is 2.21. The Morgan fingerprint density at radius 1 is 1.43 bits per heavy atom. The van der Waals surface area contributed by atoms with E-state index in [0.717, 1.165) is 10.7 Å². The number of rotatable bonds is 6. The van der Waals surface area contributed by atoms with Crippen molar-refractivity contribution in [2.75, 3.05) is 33.9 Å². The van der Waals surface area contributed by atoms with E-state index in [9.17, 15) is 9.59 Å². The molecule has 0 spiro atoms. The van der Waals surface area contributed by atoms with E-state index in [1.807, 2.05) is 13.8 Å². The van der Waals surface area contributed by atoms with E-state index >= 15 is 0 Å². The summed E-state index contributed by atoms with van der Waals surface area (Å²) in [7, 11) is 3.27. The minimum atomic E-state index is -0.232. The van der Waals surface area contributed by atoms with Crippen LogP contribution in [-0.4, -0.2) is 67.6 Å². The molecule has 0 aliphatic carbocycles. The average Bonchev–Trinajstić information content (AvgIpc) is 3.07. The summed E-state index contributed by atoms with van der Waals surface area (Å²) in [6, 6.07) is -0.284. The van der Waals surface area contributed by atoms with Gasteiger partial charge in [-0.3, -0.25) is 14.5 Å². The molecule has 0 aromatic carbocycles. The molecule has 2 heterocycles. The summed E-state index contributed by atoms with van der Waals surface area (Å²) in [6.45, 7) is 5.59. The van der Waals surface area contributed by atoms with Gasteiger partial charge in [-0.2, -0.15) is 0 Å². The molecule has 128 valence electrons. The number of nitrogens with zero attached hydrogens (tertiary/aromatic N) is 2. The van der Waals surface area contributed by atoms with Crippen LogP contribution in [0.25, 0.3) is 0 Å². The van der Waals surface area contributed by atoms with Crippen LogP contribution in [0.15, 0.2) is 0 Å². The largest absolute Gasteiger partial charge is 0.383 e. The number of thiazole rings is 1. The van der Waals surface area contributed by atoms with Crippen LogP contribution < -0.4 is 10.6 Å². The number of aryl methyl sites for hydroxylation is 2. The van der Waals surface area contributed by atoms with E-state index in [0.29, 0.717) is 31.0 Å². The topological polar surface area (TPSA) is 83.6 Å². The van der Waals surface area contributed by atoms with Crippen molar-refractivity contribution in [1.29, 1.82) is 0 Å². The quantitative estimate of drug-likeness (QED) is 0.779. The van der Waals surface area contributed by atoms with E-state index in [1.54, 1.807) is 14.2 Å². The molecule has 8 heteroatoms. The third kappa shape index (κ3) is 4.27. The Morgan fingerprint density at radius 2 is 2.17 bits per heavy atom. The number of likely N-dealkylation sites (tertiary alicyclic amines) is 1. The third-order valence-electron chi connectivity index (χ3n) is 3.98. The van der Waals surface area contributed by atoms with E-state index in [1.165, 1.54) is 11.3 Å². The zero-order valence-electron chi connectivity index (χ0n) is 14.0. The highest BCUT2D eigenvalue weighted by Gasteiger charge is 2.37. The van der Waals surface area contributed by atoms with Gasteiger partial charge >= 0.3 is 0 Å². The lowest BCUT2D eigenvalue weighted by Crippen LogP contribution is -2.43. The Balaban J connectivity index is 2.01. The molecule has 23 heavy (non-hydrogen) atoms. The predicted octanol–water partition coefficient (Wildman–Crippen LogP) is 0.325. The number of carbonyl (C=O) groups is 2. The summed E-state index contributed by atoms with van der Waals surface area (Å²) in [5.74, 6) is -0.134. The number of nitrogens with one attached hydrogen (secondary N) is 2. The van der Waals surface area contributed by atoms with Crippen molar-refractivity contribution in [1.82, 2.24) is 20.5 Å². The van der Waals surface area contributed by atoms with Gasteiger partial charge in [0, 0.05) is 33.3 Å². The maximum atomic E-state index is 12.4. The van der Waals surface area contributed by atoms with Crippen molar-refractivity contribution in [3.63, 3.8) is 0 Å². The van der Waals surface area contributed by atoms with Crippen LogP contribution in [-0.2, 0) is 9.53 Å². The molecule has 2 unspecified atom stereocenters. The summed E-state index contributed by atoms with van der Waals surface area (Å²) in [5.41, 5.74) is 0.752. The van der Waals surface area contributed by atoms with E-state index in [-0.39, 0.29) is 23.9 Å². The molecular weight excluding hydrogens is 316 g/mol. The number of methoxy groups -OCH3 is 1. The molecule has 2 amide bonds. The second-order valence-corrected chi connectivity index (χ2v) is 6.87. The van der Waals surface area contributed by atoms with Crippen molar-refractivity contribution in [2.24, 2.45) is 0 Å². The molecule has 2 N–H and O–H groups in total. The molecule has 0 bridgehead atoms. The fourth-order valence-electron chi connectivity index (χ4n) is 2.90. The Kier molecular flexibility index (Phi) is 6.09. The predicted molar refractivity (Wildman–Crippen MR) is 88.8 cm³/mol. The molecule has 1 aliphatic rings. The minimum absolute atomic E-state index is 0.0253. The van der Waals surface area contributed by atoms with Crippen molar-refractivity contribution in [3.05, 3.63) is 15.6 Å². The maximum Gasteiger partial charge on any atom is 0.263 e. The van der Waals surface area contributed by atoms with Gasteiger partial charge in [0.05, 0.1) is 23.4 Å². The van der Waals surface area contributed by atoms with Gasteiger partial charge in [-0.1, -0.05) is 0 Å². The Labute approximate surface area is 140 Å². The summed E-state index contributed by atoms with van der Waals surface area (Å²) in [4.78, 5) is 31.4. The summed E-state index contributed by atoms with van der Waals surface area (Å²) in [6.07, 6.45) is 0.603.